The Morgan fingerprint density at radius 2 is 1.88 bits per heavy atom. The summed E-state index contributed by atoms with van der Waals surface area (Å²) in [4.78, 5) is 8.58. The van der Waals surface area contributed by atoms with Gasteiger partial charge in [0.05, 0.1) is 34.3 Å². The molecule has 25 heavy (non-hydrogen) atoms. The van der Waals surface area contributed by atoms with Gasteiger partial charge in [-0.3, -0.25) is 0 Å². The SMILES string of the molecule is NC(c1ccc(S(N)(=O)=O)cc1)c1nc(Cl)nc2c1cnn2C1CC1. The van der Waals surface area contributed by atoms with Crippen LogP contribution in [0.25, 0.3) is 11.0 Å². The molecule has 0 aliphatic heterocycles. The molecule has 0 radical (unpaired) electrons. The summed E-state index contributed by atoms with van der Waals surface area (Å²) < 4.78 is 24.6. The number of nitrogens with two attached hydrogens (primary N) is 2. The first-order valence-electron chi connectivity index (χ1n) is 7.63. The number of sulfonamides is 1. The Morgan fingerprint density at radius 3 is 2.48 bits per heavy atom. The Morgan fingerprint density at radius 1 is 1.20 bits per heavy atom. The van der Waals surface area contributed by atoms with E-state index in [2.05, 4.69) is 15.1 Å². The zero-order valence-corrected chi connectivity index (χ0v) is 14.6. The smallest absolute Gasteiger partial charge is 0.238 e. The molecular formula is C15H15ClN6O2S. The van der Waals surface area contributed by atoms with Gasteiger partial charge in [-0.25, -0.2) is 23.2 Å². The number of fused-ring (bicyclic) bond motifs is 1. The molecular weight excluding hydrogens is 364 g/mol. The van der Waals surface area contributed by atoms with Crippen molar-refractivity contribution in [3.05, 3.63) is 47.0 Å². The minimum Gasteiger partial charge on any atom is -0.319 e. The lowest BCUT2D eigenvalue weighted by molar-refractivity contribution is 0.597. The highest BCUT2D eigenvalue weighted by Gasteiger charge is 2.28. The van der Waals surface area contributed by atoms with E-state index >= 15 is 0 Å². The van der Waals surface area contributed by atoms with Crippen LogP contribution in [0.1, 0.15) is 36.2 Å². The monoisotopic (exact) mass is 378 g/mol. The zero-order valence-electron chi connectivity index (χ0n) is 13.0. The fourth-order valence-electron chi connectivity index (χ4n) is 2.77. The molecule has 1 fully saturated rings. The number of hydrogen-bond acceptors (Lipinski definition) is 6. The molecule has 1 aliphatic rings. The number of halogens is 1. The minimum atomic E-state index is -3.75. The molecule has 4 N–H and O–H groups in total. The molecule has 1 atom stereocenters. The van der Waals surface area contributed by atoms with E-state index in [1.165, 1.54) is 12.1 Å². The summed E-state index contributed by atoms with van der Waals surface area (Å²) in [5.74, 6) is 0. The highest BCUT2D eigenvalue weighted by molar-refractivity contribution is 7.89. The molecule has 4 rings (SSSR count). The number of nitrogens with zero attached hydrogens (tertiary/aromatic N) is 4. The summed E-state index contributed by atoms with van der Waals surface area (Å²) in [5.41, 5.74) is 8.24. The zero-order chi connectivity index (χ0) is 17.8. The summed E-state index contributed by atoms with van der Waals surface area (Å²) in [6, 6.07) is 5.79. The van der Waals surface area contributed by atoms with E-state index < -0.39 is 16.1 Å². The average Bonchev–Trinajstić information content (AvgIpc) is 3.33. The predicted molar refractivity (Wildman–Crippen MR) is 92.4 cm³/mol. The van der Waals surface area contributed by atoms with Crippen molar-refractivity contribution < 1.29 is 8.42 Å². The van der Waals surface area contributed by atoms with Crippen LogP contribution in [0, 0.1) is 0 Å². The average molecular weight is 379 g/mol. The normalized spacial score (nSPS) is 16.3. The molecule has 10 heteroatoms. The number of hydrogen-bond donors (Lipinski definition) is 2. The van der Waals surface area contributed by atoms with Gasteiger partial charge in [-0.15, -0.1) is 0 Å². The summed E-state index contributed by atoms with van der Waals surface area (Å²) in [6.07, 6.45) is 3.82. The van der Waals surface area contributed by atoms with Crippen molar-refractivity contribution in [2.24, 2.45) is 10.9 Å². The van der Waals surface area contributed by atoms with Crippen molar-refractivity contribution in [3.63, 3.8) is 0 Å². The van der Waals surface area contributed by atoms with E-state index in [-0.39, 0.29) is 10.2 Å². The lowest BCUT2D eigenvalue weighted by atomic mass is 10.0. The molecule has 0 bridgehead atoms. The Balaban J connectivity index is 1.78. The maximum atomic E-state index is 11.4. The van der Waals surface area contributed by atoms with Crippen LogP contribution in [-0.2, 0) is 10.0 Å². The quantitative estimate of drug-likeness (QED) is 0.662. The van der Waals surface area contributed by atoms with Crippen LogP contribution in [0.5, 0.6) is 0 Å². The molecule has 2 heterocycles. The highest BCUT2D eigenvalue weighted by Crippen LogP contribution is 2.37. The van der Waals surface area contributed by atoms with E-state index in [1.54, 1.807) is 18.3 Å². The van der Waals surface area contributed by atoms with Gasteiger partial charge in [0, 0.05) is 0 Å². The molecule has 0 amide bonds. The first-order chi connectivity index (χ1) is 11.8. The number of rotatable bonds is 4. The third-order valence-electron chi connectivity index (χ3n) is 4.21. The van der Waals surface area contributed by atoms with E-state index in [1.807, 2.05) is 4.68 Å². The van der Waals surface area contributed by atoms with Crippen LogP contribution in [-0.4, -0.2) is 28.2 Å². The number of primary sulfonamides is 1. The van der Waals surface area contributed by atoms with Crippen LogP contribution in [0.4, 0.5) is 0 Å². The topological polar surface area (TPSA) is 130 Å². The largest absolute Gasteiger partial charge is 0.319 e. The Labute approximate surface area is 148 Å². The molecule has 0 spiro atoms. The molecule has 0 saturated heterocycles. The van der Waals surface area contributed by atoms with Gasteiger partial charge in [0.25, 0.3) is 0 Å². The van der Waals surface area contributed by atoms with Gasteiger partial charge in [-0.1, -0.05) is 12.1 Å². The lowest BCUT2D eigenvalue weighted by Crippen LogP contribution is -2.16. The summed E-state index contributed by atoms with van der Waals surface area (Å²) in [6.45, 7) is 0. The second-order valence-electron chi connectivity index (χ2n) is 6.03. The Hall–Kier alpha value is -2.07. The van der Waals surface area contributed by atoms with Crippen LogP contribution < -0.4 is 10.9 Å². The van der Waals surface area contributed by atoms with Crippen LogP contribution in [0.2, 0.25) is 5.28 Å². The van der Waals surface area contributed by atoms with Crippen LogP contribution >= 0.6 is 11.6 Å². The van der Waals surface area contributed by atoms with Gasteiger partial charge in [0.15, 0.2) is 5.65 Å². The third kappa shape index (κ3) is 2.99. The molecule has 3 aromatic rings. The van der Waals surface area contributed by atoms with Gasteiger partial charge in [0.1, 0.15) is 0 Å². The number of aromatic nitrogens is 4. The van der Waals surface area contributed by atoms with Crippen molar-refractivity contribution >= 4 is 32.7 Å². The first kappa shape index (κ1) is 16.4. The van der Waals surface area contributed by atoms with E-state index in [0.717, 1.165) is 18.2 Å². The molecule has 1 aromatic carbocycles. The fraction of sp³-hybridized carbons (Fsp3) is 0.267. The molecule has 1 saturated carbocycles. The van der Waals surface area contributed by atoms with E-state index in [0.29, 0.717) is 22.9 Å². The van der Waals surface area contributed by atoms with Gasteiger partial charge in [-0.2, -0.15) is 10.1 Å². The van der Waals surface area contributed by atoms with Gasteiger partial charge < -0.3 is 5.73 Å². The molecule has 2 aromatic heterocycles. The summed E-state index contributed by atoms with van der Waals surface area (Å²) >= 11 is 6.08. The summed E-state index contributed by atoms with van der Waals surface area (Å²) in [5, 5.41) is 10.3. The highest BCUT2D eigenvalue weighted by atomic mass is 35.5. The first-order valence-corrected chi connectivity index (χ1v) is 9.56. The van der Waals surface area contributed by atoms with E-state index in [9.17, 15) is 8.42 Å². The fourth-order valence-corrected chi connectivity index (χ4v) is 3.45. The van der Waals surface area contributed by atoms with Crippen molar-refractivity contribution in [1.82, 2.24) is 19.7 Å². The van der Waals surface area contributed by atoms with Gasteiger partial charge >= 0.3 is 0 Å². The van der Waals surface area contributed by atoms with E-state index in [4.69, 9.17) is 22.5 Å². The van der Waals surface area contributed by atoms with Crippen LogP contribution in [0.15, 0.2) is 35.4 Å². The second kappa shape index (κ2) is 5.73. The maximum Gasteiger partial charge on any atom is 0.238 e. The van der Waals surface area contributed by atoms with Crippen molar-refractivity contribution in [2.45, 2.75) is 29.8 Å². The van der Waals surface area contributed by atoms with Crippen molar-refractivity contribution in [1.29, 1.82) is 0 Å². The second-order valence-corrected chi connectivity index (χ2v) is 7.93. The molecule has 130 valence electrons. The maximum absolute atomic E-state index is 11.4. The Bertz CT molecular complexity index is 1060. The minimum absolute atomic E-state index is 0.0240. The predicted octanol–water partition coefficient (Wildman–Crippen LogP) is 1.51. The van der Waals surface area contributed by atoms with Crippen molar-refractivity contribution in [2.75, 3.05) is 0 Å². The van der Waals surface area contributed by atoms with Gasteiger partial charge in [-0.05, 0) is 42.1 Å². The van der Waals surface area contributed by atoms with Crippen LogP contribution in [0.3, 0.4) is 0 Å². The molecule has 1 unspecified atom stereocenters. The molecule has 1 aliphatic carbocycles. The summed E-state index contributed by atoms with van der Waals surface area (Å²) in [7, 11) is -3.75. The number of benzene rings is 1. The third-order valence-corrected chi connectivity index (χ3v) is 5.31. The molecule has 8 nitrogen and oxygen atoms in total. The van der Waals surface area contributed by atoms with Gasteiger partial charge in [0.2, 0.25) is 15.3 Å². The Kier molecular flexibility index (Phi) is 3.76. The van der Waals surface area contributed by atoms with Crippen molar-refractivity contribution in [3.8, 4) is 0 Å². The lowest BCUT2D eigenvalue weighted by Gasteiger charge is -2.13. The standard InChI is InChI=1S/C15H15ClN6O2S/c16-15-20-13(11-7-19-22(9-3-4-9)14(11)21-15)12(17)8-1-5-10(6-2-8)25(18,23)24/h1-2,5-7,9,12H,3-4,17H2,(H2,18,23,24).